The molecular weight excluding hydrogens is 284 g/mol. The first-order chi connectivity index (χ1) is 9.51. The molecule has 5 heteroatoms. The Bertz CT molecular complexity index is 619. The molecule has 0 radical (unpaired) electrons. The molecule has 0 saturated heterocycles. The van der Waals surface area contributed by atoms with E-state index in [0.29, 0.717) is 11.4 Å². The Morgan fingerprint density at radius 2 is 1.80 bits per heavy atom. The van der Waals surface area contributed by atoms with Gasteiger partial charge in [0.1, 0.15) is 17.4 Å². The standard InChI is InChI=1S/C15H14ClF2NO/c1-9(10-3-5-13(17)12(16)7-10)19-15-8-11(20-2)4-6-14(15)18/h3-9,19H,1-2H3. The number of rotatable bonds is 4. The Morgan fingerprint density at radius 3 is 2.45 bits per heavy atom. The van der Waals surface area contributed by atoms with E-state index in [4.69, 9.17) is 16.3 Å². The largest absolute Gasteiger partial charge is 0.497 e. The summed E-state index contributed by atoms with van der Waals surface area (Å²) in [4.78, 5) is 0. The lowest BCUT2D eigenvalue weighted by Crippen LogP contribution is -2.08. The summed E-state index contributed by atoms with van der Waals surface area (Å²) >= 11 is 5.74. The van der Waals surface area contributed by atoms with Crippen LogP contribution in [0.1, 0.15) is 18.5 Å². The molecular formula is C15H14ClF2NO. The van der Waals surface area contributed by atoms with E-state index in [1.165, 1.54) is 25.3 Å². The summed E-state index contributed by atoms with van der Waals surface area (Å²) in [5.41, 5.74) is 1.08. The lowest BCUT2D eigenvalue weighted by molar-refractivity contribution is 0.414. The summed E-state index contributed by atoms with van der Waals surface area (Å²) in [5.74, 6) is -0.306. The van der Waals surface area contributed by atoms with Gasteiger partial charge in [-0.2, -0.15) is 0 Å². The zero-order chi connectivity index (χ0) is 14.7. The molecule has 0 aliphatic carbocycles. The maximum Gasteiger partial charge on any atom is 0.146 e. The minimum atomic E-state index is -0.477. The molecule has 0 fully saturated rings. The van der Waals surface area contributed by atoms with Gasteiger partial charge in [-0.1, -0.05) is 17.7 Å². The zero-order valence-corrected chi connectivity index (χ0v) is 11.8. The molecule has 0 aromatic heterocycles. The number of anilines is 1. The van der Waals surface area contributed by atoms with Gasteiger partial charge in [-0.05, 0) is 36.8 Å². The highest BCUT2D eigenvalue weighted by molar-refractivity contribution is 6.30. The van der Waals surface area contributed by atoms with Gasteiger partial charge in [0.25, 0.3) is 0 Å². The monoisotopic (exact) mass is 297 g/mol. The van der Waals surface area contributed by atoms with E-state index in [1.54, 1.807) is 18.2 Å². The maximum atomic E-state index is 13.7. The van der Waals surface area contributed by atoms with E-state index >= 15 is 0 Å². The molecule has 2 rings (SSSR count). The summed E-state index contributed by atoms with van der Waals surface area (Å²) in [5, 5.41) is 3.06. The SMILES string of the molecule is COc1ccc(F)c(NC(C)c2ccc(F)c(Cl)c2)c1. The normalized spacial score (nSPS) is 12.1. The number of benzene rings is 2. The van der Waals surface area contributed by atoms with Crippen molar-refractivity contribution in [2.45, 2.75) is 13.0 Å². The van der Waals surface area contributed by atoms with Crippen molar-refractivity contribution in [2.75, 3.05) is 12.4 Å². The second-order valence-electron chi connectivity index (χ2n) is 4.39. The summed E-state index contributed by atoms with van der Waals surface area (Å²) in [6, 6.07) is 8.62. The predicted octanol–water partition coefficient (Wildman–Crippen LogP) is 4.80. The van der Waals surface area contributed by atoms with Gasteiger partial charge >= 0.3 is 0 Å². The number of halogens is 3. The third kappa shape index (κ3) is 3.20. The molecule has 2 aromatic rings. The average molecular weight is 298 g/mol. The molecule has 0 bridgehead atoms. The lowest BCUT2D eigenvalue weighted by atomic mass is 10.1. The molecule has 0 spiro atoms. The first-order valence-corrected chi connectivity index (χ1v) is 6.44. The van der Waals surface area contributed by atoms with Gasteiger partial charge in [0, 0.05) is 12.1 Å². The number of hydrogen-bond acceptors (Lipinski definition) is 2. The van der Waals surface area contributed by atoms with E-state index in [-0.39, 0.29) is 16.9 Å². The van der Waals surface area contributed by atoms with Crippen LogP contribution in [0.3, 0.4) is 0 Å². The fraction of sp³-hybridized carbons (Fsp3) is 0.200. The van der Waals surface area contributed by atoms with Gasteiger partial charge in [0.2, 0.25) is 0 Å². The van der Waals surface area contributed by atoms with Gasteiger partial charge in [-0.25, -0.2) is 8.78 Å². The second kappa shape index (κ2) is 6.09. The number of nitrogens with one attached hydrogen (secondary N) is 1. The third-order valence-electron chi connectivity index (χ3n) is 2.99. The highest BCUT2D eigenvalue weighted by Crippen LogP contribution is 2.27. The molecule has 2 nitrogen and oxygen atoms in total. The third-order valence-corrected chi connectivity index (χ3v) is 3.28. The van der Waals surface area contributed by atoms with Crippen LogP contribution in [0, 0.1) is 11.6 Å². The Hall–Kier alpha value is -1.81. The second-order valence-corrected chi connectivity index (χ2v) is 4.79. The summed E-state index contributed by atoms with van der Waals surface area (Å²) in [7, 11) is 1.51. The Balaban J connectivity index is 2.22. The van der Waals surface area contributed by atoms with E-state index in [9.17, 15) is 8.78 Å². The van der Waals surface area contributed by atoms with Crippen LogP contribution >= 0.6 is 11.6 Å². The summed E-state index contributed by atoms with van der Waals surface area (Å²) < 4.78 is 31.9. The number of ether oxygens (including phenoxy) is 1. The van der Waals surface area contributed by atoms with E-state index in [0.717, 1.165) is 5.56 Å². The van der Waals surface area contributed by atoms with Gasteiger partial charge in [-0.3, -0.25) is 0 Å². The smallest absolute Gasteiger partial charge is 0.146 e. The Labute approximate surface area is 121 Å². The van der Waals surface area contributed by atoms with Crippen molar-refractivity contribution in [3.63, 3.8) is 0 Å². The molecule has 0 aliphatic rings. The van der Waals surface area contributed by atoms with Crippen molar-refractivity contribution < 1.29 is 13.5 Å². The summed E-state index contributed by atoms with van der Waals surface area (Å²) in [6.45, 7) is 1.84. The summed E-state index contributed by atoms with van der Waals surface area (Å²) in [6.07, 6.45) is 0. The first-order valence-electron chi connectivity index (χ1n) is 6.06. The molecule has 0 saturated carbocycles. The zero-order valence-electron chi connectivity index (χ0n) is 11.1. The molecule has 0 heterocycles. The van der Waals surface area contributed by atoms with Crippen LogP contribution in [0.25, 0.3) is 0 Å². The van der Waals surface area contributed by atoms with Crippen LogP contribution in [0.4, 0.5) is 14.5 Å². The van der Waals surface area contributed by atoms with Crippen LogP contribution in [-0.2, 0) is 0 Å². The molecule has 1 N–H and O–H groups in total. The fourth-order valence-electron chi connectivity index (χ4n) is 1.84. The number of hydrogen-bond donors (Lipinski definition) is 1. The van der Waals surface area contributed by atoms with Crippen molar-refractivity contribution in [2.24, 2.45) is 0 Å². The fourth-order valence-corrected chi connectivity index (χ4v) is 2.03. The minimum Gasteiger partial charge on any atom is -0.497 e. The van der Waals surface area contributed by atoms with E-state index in [1.807, 2.05) is 6.92 Å². The topological polar surface area (TPSA) is 21.3 Å². The van der Waals surface area contributed by atoms with Crippen LogP contribution in [0.5, 0.6) is 5.75 Å². The van der Waals surface area contributed by atoms with E-state index in [2.05, 4.69) is 5.32 Å². The van der Waals surface area contributed by atoms with Gasteiger partial charge in [0.05, 0.1) is 17.8 Å². The average Bonchev–Trinajstić information content (AvgIpc) is 2.44. The maximum absolute atomic E-state index is 13.7. The van der Waals surface area contributed by atoms with Crippen LogP contribution in [0.15, 0.2) is 36.4 Å². The first kappa shape index (κ1) is 14.6. The molecule has 20 heavy (non-hydrogen) atoms. The molecule has 106 valence electrons. The van der Waals surface area contributed by atoms with Crippen LogP contribution in [-0.4, -0.2) is 7.11 Å². The highest BCUT2D eigenvalue weighted by atomic mass is 35.5. The molecule has 2 aromatic carbocycles. The van der Waals surface area contributed by atoms with Crippen LogP contribution in [0.2, 0.25) is 5.02 Å². The van der Waals surface area contributed by atoms with Gasteiger partial charge in [-0.15, -0.1) is 0 Å². The molecule has 1 atom stereocenters. The van der Waals surface area contributed by atoms with Crippen molar-refractivity contribution in [3.05, 3.63) is 58.6 Å². The van der Waals surface area contributed by atoms with Crippen molar-refractivity contribution in [3.8, 4) is 5.75 Å². The highest BCUT2D eigenvalue weighted by Gasteiger charge is 2.11. The van der Waals surface area contributed by atoms with Crippen molar-refractivity contribution in [1.82, 2.24) is 0 Å². The van der Waals surface area contributed by atoms with E-state index < -0.39 is 5.82 Å². The quantitative estimate of drug-likeness (QED) is 0.875. The lowest BCUT2D eigenvalue weighted by Gasteiger charge is -2.17. The number of methoxy groups -OCH3 is 1. The van der Waals surface area contributed by atoms with Crippen LogP contribution < -0.4 is 10.1 Å². The molecule has 0 aliphatic heterocycles. The Morgan fingerprint density at radius 1 is 1.10 bits per heavy atom. The molecule has 1 unspecified atom stereocenters. The predicted molar refractivity (Wildman–Crippen MR) is 76.4 cm³/mol. The van der Waals surface area contributed by atoms with Gasteiger partial charge in [0.15, 0.2) is 0 Å². The van der Waals surface area contributed by atoms with Crippen molar-refractivity contribution >= 4 is 17.3 Å². The minimum absolute atomic E-state index is 0.0438. The van der Waals surface area contributed by atoms with Crippen molar-refractivity contribution in [1.29, 1.82) is 0 Å². The van der Waals surface area contributed by atoms with Gasteiger partial charge < -0.3 is 10.1 Å². The molecule has 0 amide bonds. The Kier molecular flexibility index (Phi) is 4.45.